The van der Waals surface area contributed by atoms with E-state index in [1.54, 1.807) is 12.1 Å². The van der Waals surface area contributed by atoms with Crippen LogP contribution in [0.25, 0.3) is 6.08 Å². The number of ether oxygens (including phenoxy) is 1. The Morgan fingerprint density at radius 2 is 2.19 bits per heavy atom. The summed E-state index contributed by atoms with van der Waals surface area (Å²) in [7, 11) is 0. The molecule has 0 amide bonds. The maximum atomic E-state index is 11.6. The van der Waals surface area contributed by atoms with Crippen LogP contribution in [-0.2, 0) is 9.59 Å². The largest absolute Gasteiger partial charge is 0.477 e. The molecule has 1 atom stereocenters. The zero-order valence-electron chi connectivity index (χ0n) is 8.35. The third-order valence-corrected chi connectivity index (χ3v) is 2.87. The molecule has 0 N–H and O–H groups in total. The van der Waals surface area contributed by atoms with Crippen LogP contribution in [0.4, 0.5) is 0 Å². The Labute approximate surface area is 101 Å². The average molecular weight is 281 g/mol. The van der Waals surface area contributed by atoms with Crippen molar-refractivity contribution in [2.75, 3.05) is 5.33 Å². The topological polar surface area (TPSA) is 43.4 Å². The second-order valence-corrected chi connectivity index (χ2v) is 3.93. The minimum absolute atomic E-state index is 0.133. The van der Waals surface area contributed by atoms with E-state index in [4.69, 9.17) is 4.74 Å². The molecule has 1 unspecified atom stereocenters. The summed E-state index contributed by atoms with van der Waals surface area (Å²) in [4.78, 5) is 22.5. The summed E-state index contributed by atoms with van der Waals surface area (Å²) < 4.78 is 5.44. The number of aldehydes is 1. The molecule has 0 bridgehead atoms. The summed E-state index contributed by atoms with van der Waals surface area (Å²) in [6.07, 6.45) is 1.56. The number of carbonyl (C=O) groups excluding carboxylic acids is 2. The number of halogens is 1. The Morgan fingerprint density at radius 1 is 1.44 bits per heavy atom. The van der Waals surface area contributed by atoms with Crippen molar-refractivity contribution in [2.45, 2.75) is 6.10 Å². The zero-order chi connectivity index (χ0) is 11.5. The average Bonchev–Trinajstić information content (AvgIpc) is 2.36. The number of fused-ring (bicyclic) bond motifs is 1. The molecule has 3 nitrogen and oxygen atoms in total. The lowest BCUT2D eigenvalue weighted by Crippen LogP contribution is -2.29. The molecular formula is C12H9BrO3. The number of Topliss-reactive ketones (excluding diaryl/α,β-unsaturated/α-hetero) is 1. The van der Waals surface area contributed by atoms with Gasteiger partial charge >= 0.3 is 0 Å². The summed E-state index contributed by atoms with van der Waals surface area (Å²) in [6, 6.07) is 7.30. The van der Waals surface area contributed by atoms with E-state index in [1.807, 2.05) is 18.2 Å². The molecule has 82 valence electrons. The van der Waals surface area contributed by atoms with Gasteiger partial charge in [0.05, 0.1) is 5.33 Å². The van der Waals surface area contributed by atoms with E-state index in [9.17, 15) is 9.59 Å². The van der Waals surface area contributed by atoms with Gasteiger partial charge in [0.1, 0.15) is 5.75 Å². The van der Waals surface area contributed by atoms with Crippen LogP contribution in [0, 0.1) is 0 Å². The van der Waals surface area contributed by atoms with Gasteiger partial charge in [0.15, 0.2) is 18.2 Å². The molecule has 16 heavy (non-hydrogen) atoms. The highest BCUT2D eigenvalue weighted by molar-refractivity contribution is 9.09. The normalized spacial score (nSPS) is 18.1. The van der Waals surface area contributed by atoms with Crippen LogP contribution in [0.5, 0.6) is 5.75 Å². The molecule has 1 aromatic carbocycles. The molecule has 0 saturated heterocycles. The van der Waals surface area contributed by atoms with E-state index < -0.39 is 6.10 Å². The second-order valence-electron chi connectivity index (χ2n) is 3.37. The van der Waals surface area contributed by atoms with Crippen LogP contribution in [0.3, 0.4) is 0 Å². The summed E-state index contributed by atoms with van der Waals surface area (Å²) in [5.74, 6) is 0.498. The number of carbonyl (C=O) groups is 2. The first-order chi connectivity index (χ1) is 7.76. The van der Waals surface area contributed by atoms with Crippen LogP contribution < -0.4 is 4.74 Å². The smallest absolute Gasteiger partial charge is 0.182 e. The van der Waals surface area contributed by atoms with Crippen molar-refractivity contribution in [3.63, 3.8) is 0 Å². The van der Waals surface area contributed by atoms with Crippen molar-refractivity contribution in [3.05, 3.63) is 35.4 Å². The molecule has 0 aromatic heterocycles. The molecule has 2 rings (SSSR count). The molecule has 1 heterocycles. The highest BCUT2D eigenvalue weighted by Crippen LogP contribution is 2.29. The van der Waals surface area contributed by atoms with E-state index >= 15 is 0 Å². The Morgan fingerprint density at radius 3 is 2.88 bits per heavy atom. The molecule has 1 aliphatic heterocycles. The third-order valence-electron chi connectivity index (χ3n) is 2.36. The molecule has 0 spiro atoms. The van der Waals surface area contributed by atoms with Crippen molar-refractivity contribution in [1.29, 1.82) is 0 Å². The van der Waals surface area contributed by atoms with E-state index in [2.05, 4.69) is 15.9 Å². The van der Waals surface area contributed by atoms with Crippen molar-refractivity contribution in [2.24, 2.45) is 0 Å². The maximum absolute atomic E-state index is 11.6. The standard InChI is InChI=1S/C12H9BrO3/c13-6-10(15)9-5-8-3-1-2-4-11(8)16-12(9)7-14/h1-5,7,12H,6H2. The van der Waals surface area contributed by atoms with Gasteiger partial charge in [-0.1, -0.05) is 34.1 Å². The van der Waals surface area contributed by atoms with Crippen molar-refractivity contribution in [1.82, 2.24) is 0 Å². The second kappa shape index (κ2) is 4.61. The third kappa shape index (κ3) is 1.93. The summed E-state index contributed by atoms with van der Waals surface area (Å²) in [5.41, 5.74) is 1.22. The first-order valence-corrected chi connectivity index (χ1v) is 5.90. The lowest BCUT2D eigenvalue weighted by molar-refractivity contribution is -0.118. The van der Waals surface area contributed by atoms with Crippen LogP contribution in [0.15, 0.2) is 29.8 Å². The van der Waals surface area contributed by atoms with Gasteiger partial charge in [-0.25, -0.2) is 0 Å². The molecule has 4 heteroatoms. The number of hydrogen-bond acceptors (Lipinski definition) is 3. The van der Waals surface area contributed by atoms with Gasteiger partial charge in [0.2, 0.25) is 0 Å². The van der Waals surface area contributed by atoms with Gasteiger partial charge in [-0.05, 0) is 12.1 Å². The zero-order valence-corrected chi connectivity index (χ0v) is 9.94. The van der Waals surface area contributed by atoms with Gasteiger partial charge in [-0.15, -0.1) is 0 Å². The molecule has 0 aliphatic carbocycles. The van der Waals surface area contributed by atoms with Crippen LogP contribution in [-0.4, -0.2) is 23.5 Å². The van der Waals surface area contributed by atoms with Crippen molar-refractivity contribution in [3.8, 4) is 5.75 Å². The van der Waals surface area contributed by atoms with Crippen molar-refractivity contribution >= 4 is 34.1 Å². The molecule has 0 radical (unpaired) electrons. The van der Waals surface area contributed by atoms with Gasteiger partial charge in [0.25, 0.3) is 0 Å². The monoisotopic (exact) mass is 280 g/mol. The number of rotatable bonds is 3. The van der Waals surface area contributed by atoms with Crippen molar-refractivity contribution < 1.29 is 14.3 Å². The Bertz CT molecular complexity index is 465. The minimum atomic E-state index is -0.792. The van der Waals surface area contributed by atoms with Crippen LogP contribution >= 0.6 is 15.9 Å². The summed E-state index contributed by atoms with van der Waals surface area (Å²) >= 11 is 3.09. The molecule has 0 saturated carbocycles. The van der Waals surface area contributed by atoms with E-state index in [-0.39, 0.29) is 11.1 Å². The van der Waals surface area contributed by atoms with Gasteiger partial charge in [-0.3, -0.25) is 9.59 Å². The molecule has 0 fully saturated rings. The first-order valence-electron chi connectivity index (χ1n) is 4.78. The number of benzene rings is 1. The Balaban J connectivity index is 2.46. The summed E-state index contributed by atoms with van der Waals surface area (Å²) in [5, 5.41) is 0.189. The SMILES string of the molecule is O=CC1Oc2ccccc2C=C1C(=O)CBr. The highest BCUT2D eigenvalue weighted by atomic mass is 79.9. The van der Waals surface area contributed by atoms with E-state index in [1.165, 1.54) is 0 Å². The van der Waals surface area contributed by atoms with Gasteiger partial charge < -0.3 is 4.74 Å². The Kier molecular flexibility index (Phi) is 3.19. The fourth-order valence-electron chi connectivity index (χ4n) is 1.57. The quantitative estimate of drug-likeness (QED) is 0.628. The van der Waals surface area contributed by atoms with Crippen LogP contribution in [0.2, 0.25) is 0 Å². The van der Waals surface area contributed by atoms with Gasteiger partial charge in [0, 0.05) is 11.1 Å². The highest BCUT2D eigenvalue weighted by Gasteiger charge is 2.26. The van der Waals surface area contributed by atoms with Crippen LogP contribution in [0.1, 0.15) is 5.56 Å². The lowest BCUT2D eigenvalue weighted by Gasteiger charge is -2.22. The number of hydrogen-bond donors (Lipinski definition) is 0. The minimum Gasteiger partial charge on any atom is -0.477 e. The fraction of sp³-hybridized carbons (Fsp3) is 0.167. The lowest BCUT2D eigenvalue weighted by atomic mass is 10.00. The van der Waals surface area contributed by atoms with Gasteiger partial charge in [-0.2, -0.15) is 0 Å². The molecule has 1 aliphatic rings. The van der Waals surface area contributed by atoms with E-state index in [0.717, 1.165) is 5.56 Å². The van der Waals surface area contributed by atoms with E-state index in [0.29, 0.717) is 17.6 Å². The predicted octanol–water partition coefficient (Wildman–Crippen LogP) is 1.99. The Hall–Kier alpha value is -1.42. The number of ketones is 1. The fourth-order valence-corrected chi connectivity index (χ4v) is 1.90. The number of para-hydroxylation sites is 1. The number of alkyl halides is 1. The molecular weight excluding hydrogens is 272 g/mol. The summed E-state index contributed by atoms with van der Waals surface area (Å²) in [6.45, 7) is 0. The maximum Gasteiger partial charge on any atom is 0.182 e. The first kappa shape index (κ1) is 11.1. The predicted molar refractivity (Wildman–Crippen MR) is 63.7 cm³/mol. The molecule has 1 aromatic rings.